The molecule has 0 aliphatic carbocycles. The van der Waals surface area contributed by atoms with Crippen LogP contribution in [0.5, 0.6) is 11.5 Å². The maximum atomic E-state index is 13.0. The number of hydrogen-bond donors (Lipinski definition) is 3. The zero-order valence-electron chi connectivity index (χ0n) is 30.2. The van der Waals surface area contributed by atoms with Crippen LogP contribution < -0.4 is 20.1 Å². The van der Waals surface area contributed by atoms with Gasteiger partial charge in [-0.15, -0.1) is 11.3 Å². The van der Waals surface area contributed by atoms with Crippen LogP contribution in [0.15, 0.2) is 91.0 Å². The topological polar surface area (TPSA) is 109 Å². The van der Waals surface area contributed by atoms with Crippen molar-refractivity contribution in [3.63, 3.8) is 0 Å². The molecule has 52 heavy (non-hydrogen) atoms. The minimum absolute atomic E-state index is 0.485. The second kappa shape index (κ2) is 16.6. The van der Waals surface area contributed by atoms with E-state index < -0.39 is 30.3 Å². The Morgan fingerprint density at radius 2 is 1.67 bits per heavy atom. The first-order valence-corrected chi connectivity index (χ1v) is 18.5. The van der Waals surface area contributed by atoms with Crippen LogP contribution in [0, 0.1) is 0 Å². The lowest BCUT2D eigenvalue weighted by Crippen LogP contribution is -2.47. The number of aliphatic hydroxyl groups is 1. The van der Waals surface area contributed by atoms with Crippen molar-refractivity contribution in [2.45, 2.75) is 64.8 Å². The van der Waals surface area contributed by atoms with Gasteiger partial charge in [0.1, 0.15) is 29.7 Å². The summed E-state index contributed by atoms with van der Waals surface area (Å²) >= 11 is 1.71. The molecule has 1 fully saturated rings. The third-order valence-corrected chi connectivity index (χ3v) is 10.2. The maximum Gasteiger partial charge on any atom is 0.408 e. The molecule has 0 bridgehead atoms. The molecule has 1 aromatic heterocycles. The molecule has 1 saturated heterocycles. The van der Waals surface area contributed by atoms with Crippen molar-refractivity contribution in [2.24, 2.45) is 0 Å². The van der Waals surface area contributed by atoms with E-state index in [1.807, 2.05) is 48.5 Å². The number of carbonyl (C=O) groups is 2. The van der Waals surface area contributed by atoms with Gasteiger partial charge in [0.2, 0.25) is 5.91 Å². The Hall–Kier alpha value is -4.90. The summed E-state index contributed by atoms with van der Waals surface area (Å²) in [4.78, 5) is 28.8. The summed E-state index contributed by atoms with van der Waals surface area (Å²) < 4.78 is 18.4. The van der Waals surface area contributed by atoms with Crippen molar-refractivity contribution >= 4 is 39.1 Å². The van der Waals surface area contributed by atoms with E-state index in [0.29, 0.717) is 18.7 Å². The van der Waals surface area contributed by atoms with Gasteiger partial charge in [0.25, 0.3) is 0 Å². The number of methoxy groups -OCH3 is 1. The summed E-state index contributed by atoms with van der Waals surface area (Å²) in [5.74, 6) is 1.17. The molecule has 0 unspecified atom stereocenters. The molecule has 3 N–H and O–H groups in total. The van der Waals surface area contributed by atoms with Gasteiger partial charge < -0.3 is 30.0 Å². The van der Waals surface area contributed by atoms with E-state index in [0.717, 1.165) is 62.8 Å². The molecule has 2 amide bonds. The van der Waals surface area contributed by atoms with Gasteiger partial charge in [-0.05, 0) is 117 Å². The Kier molecular flexibility index (Phi) is 11.8. The molecule has 272 valence electrons. The molecule has 1 atom stereocenters. The molecule has 0 radical (unpaired) electrons. The Bertz CT molecular complexity index is 1980. The summed E-state index contributed by atoms with van der Waals surface area (Å²) in [5.41, 5.74) is 5.47. The summed E-state index contributed by atoms with van der Waals surface area (Å²) in [6.45, 7) is 8.23. The highest BCUT2D eigenvalue weighted by Crippen LogP contribution is 2.42. The van der Waals surface area contributed by atoms with Gasteiger partial charge in [-0.1, -0.05) is 54.6 Å². The summed E-state index contributed by atoms with van der Waals surface area (Å²) in [6, 6.07) is 29.4. The first kappa shape index (κ1) is 36.9. The number of nitrogens with zero attached hydrogens (tertiary/aromatic N) is 1. The van der Waals surface area contributed by atoms with Crippen molar-refractivity contribution in [1.82, 2.24) is 10.2 Å². The van der Waals surface area contributed by atoms with Gasteiger partial charge in [0.05, 0.1) is 13.7 Å². The number of fused-ring (bicyclic) bond motifs is 1. The van der Waals surface area contributed by atoms with Gasteiger partial charge in [-0.2, -0.15) is 0 Å². The summed E-state index contributed by atoms with van der Waals surface area (Å²) in [5, 5.41) is 16.2. The van der Waals surface area contributed by atoms with Gasteiger partial charge in [-0.3, -0.25) is 9.69 Å². The van der Waals surface area contributed by atoms with Crippen LogP contribution >= 0.6 is 11.3 Å². The fourth-order valence-electron chi connectivity index (χ4n) is 6.36. The van der Waals surface area contributed by atoms with E-state index >= 15 is 0 Å². The van der Waals surface area contributed by atoms with E-state index in [4.69, 9.17) is 14.2 Å². The smallest absolute Gasteiger partial charge is 0.408 e. The van der Waals surface area contributed by atoms with Crippen LogP contribution in [-0.2, 0) is 29.1 Å². The molecule has 9 nitrogen and oxygen atoms in total. The zero-order chi connectivity index (χ0) is 36.7. The monoisotopic (exact) mass is 721 g/mol. The molecule has 6 rings (SSSR count). The van der Waals surface area contributed by atoms with E-state index in [9.17, 15) is 14.7 Å². The number of amides is 2. The molecule has 1 aliphatic heterocycles. The van der Waals surface area contributed by atoms with E-state index in [2.05, 4.69) is 58.0 Å². The van der Waals surface area contributed by atoms with Crippen LogP contribution in [0.4, 0.5) is 10.5 Å². The fourth-order valence-corrected chi connectivity index (χ4v) is 7.62. The van der Waals surface area contributed by atoms with Gasteiger partial charge in [-0.25, -0.2) is 4.79 Å². The zero-order valence-corrected chi connectivity index (χ0v) is 31.1. The average molecular weight is 722 g/mol. The van der Waals surface area contributed by atoms with Crippen LogP contribution in [0.25, 0.3) is 20.5 Å². The second-order valence-corrected chi connectivity index (χ2v) is 15.1. The van der Waals surface area contributed by atoms with Gasteiger partial charge in [0, 0.05) is 27.4 Å². The normalized spacial score (nSPS) is 13.9. The number of carbonyl (C=O) groups excluding carboxylic acids is 2. The minimum Gasteiger partial charge on any atom is -0.496 e. The highest BCUT2D eigenvalue weighted by molar-refractivity contribution is 7.22. The Labute approximate surface area is 309 Å². The Morgan fingerprint density at radius 3 is 2.37 bits per heavy atom. The van der Waals surface area contributed by atoms with E-state index in [1.165, 1.54) is 24.0 Å². The van der Waals surface area contributed by atoms with Crippen LogP contribution in [0.2, 0.25) is 0 Å². The highest BCUT2D eigenvalue weighted by atomic mass is 32.1. The average Bonchev–Trinajstić information content (AvgIpc) is 3.78. The number of ether oxygens (including phenoxy) is 3. The predicted octanol–water partition coefficient (Wildman–Crippen LogP) is 8.17. The number of nitrogens with one attached hydrogen (secondary N) is 2. The quantitative estimate of drug-likeness (QED) is 0.113. The van der Waals surface area contributed by atoms with Crippen LogP contribution in [0.3, 0.4) is 0 Å². The van der Waals surface area contributed by atoms with Gasteiger partial charge in [0.15, 0.2) is 0 Å². The van der Waals surface area contributed by atoms with E-state index in [-0.39, 0.29) is 0 Å². The molecular weight excluding hydrogens is 675 g/mol. The first-order valence-electron chi connectivity index (χ1n) is 17.7. The number of likely N-dealkylation sites (tertiary alicyclic amines) is 1. The lowest BCUT2D eigenvalue weighted by atomic mass is 9.97. The molecular formula is C42H47N3O6S. The molecule has 2 heterocycles. The highest BCUT2D eigenvalue weighted by Gasteiger charge is 2.24. The molecule has 10 heteroatoms. The number of alkyl carbamates (subject to hydrolysis) is 1. The Morgan fingerprint density at radius 1 is 0.923 bits per heavy atom. The third kappa shape index (κ3) is 9.50. The standard InChI is InChI=1S/C42H47N3O6S/c1-42(2,3)51-41(48)44-36(26-46)40(47)43-32-16-14-30(15-17-32)39-35(22-29-12-13-31(37(23-29)49-4)25-45-20-8-9-21-45)34-19-18-33(24-38(34)52-39)50-27-28-10-6-5-7-11-28/h5-7,10-19,23-24,36,46H,8-9,20-22,25-27H2,1-4H3,(H,43,47)(H,44,48)/t36-/m0/s1. The maximum absolute atomic E-state index is 13.0. The third-order valence-electron chi connectivity index (χ3n) is 8.94. The molecule has 5 aromatic rings. The number of hydrogen-bond acceptors (Lipinski definition) is 8. The summed E-state index contributed by atoms with van der Waals surface area (Å²) in [7, 11) is 1.74. The lowest BCUT2D eigenvalue weighted by molar-refractivity contribution is -0.119. The first-order chi connectivity index (χ1) is 25.1. The van der Waals surface area contributed by atoms with Crippen LogP contribution in [-0.4, -0.2) is 60.5 Å². The summed E-state index contributed by atoms with van der Waals surface area (Å²) in [6.07, 6.45) is 2.42. The number of rotatable bonds is 13. The SMILES string of the molecule is COc1cc(Cc2c(-c3ccc(NC(=O)[C@H](CO)NC(=O)OC(C)(C)C)cc3)sc3cc(OCc4ccccc4)ccc23)ccc1CN1CCCC1. The van der Waals surface area contributed by atoms with E-state index in [1.54, 1.807) is 39.2 Å². The Balaban J connectivity index is 1.26. The van der Waals surface area contributed by atoms with Crippen molar-refractivity contribution in [2.75, 3.05) is 32.1 Å². The van der Waals surface area contributed by atoms with Crippen LogP contribution in [0.1, 0.15) is 55.9 Å². The van der Waals surface area contributed by atoms with Crippen molar-refractivity contribution in [3.05, 3.63) is 113 Å². The largest absolute Gasteiger partial charge is 0.496 e. The lowest BCUT2D eigenvalue weighted by Gasteiger charge is -2.22. The molecule has 0 spiro atoms. The molecule has 4 aromatic carbocycles. The van der Waals surface area contributed by atoms with Crippen molar-refractivity contribution < 1.29 is 28.9 Å². The number of aliphatic hydroxyl groups excluding tert-OH is 1. The number of thiophene rings is 1. The fraction of sp³-hybridized carbons (Fsp3) is 0.333. The predicted molar refractivity (Wildman–Crippen MR) is 207 cm³/mol. The second-order valence-electron chi connectivity index (χ2n) is 14.1. The van der Waals surface area contributed by atoms with Gasteiger partial charge >= 0.3 is 6.09 Å². The number of benzene rings is 4. The minimum atomic E-state index is -1.17. The molecule has 0 saturated carbocycles. The van der Waals surface area contributed by atoms with Crippen molar-refractivity contribution in [3.8, 4) is 21.9 Å². The molecule has 1 aliphatic rings. The van der Waals surface area contributed by atoms with Crippen molar-refractivity contribution in [1.29, 1.82) is 0 Å². The number of anilines is 1.